The van der Waals surface area contributed by atoms with Gasteiger partial charge in [-0.2, -0.15) is 0 Å². The molecule has 1 aromatic carbocycles. The highest BCUT2D eigenvalue weighted by atomic mass is 16.5. The highest BCUT2D eigenvalue weighted by molar-refractivity contribution is 5.95. The molecule has 0 heterocycles. The molecule has 2 unspecified atom stereocenters. The average Bonchev–Trinajstić information content (AvgIpc) is 2.88. The minimum Gasteiger partial charge on any atom is -0.489 e. The maximum atomic E-state index is 12.2. The summed E-state index contributed by atoms with van der Waals surface area (Å²) < 4.78 is 10.6. The van der Waals surface area contributed by atoms with Crippen LogP contribution >= 0.6 is 0 Å². The van der Waals surface area contributed by atoms with E-state index in [-0.39, 0.29) is 17.9 Å². The van der Waals surface area contributed by atoms with Gasteiger partial charge in [0, 0.05) is 13.2 Å². The van der Waals surface area contributed by atoms with Crippen LogP contribution in [0.1, 0.15) is 12.0 Å². The van der Waals surface area contributed by atoms with Crippen LogP contribution in [0.15, 0.2) is 30.4 Å². The van der Waals surface area contributed by atoms with E-state index in [9.17, 15) is 4.79 Å². The maximum Gasteiger partial charge on any atom is 0.231 e. The largest absolute Gasteiger partial charge is 0.489 e. The highest BCUT2D eigenvalue weighted by Gasteiger charge is 2.23. The number of rotatable bonds is 6. The van der Waals surface area contributed by atoms with Crippen LogP contribution in [-0.2, 0) is 9.53 Å². The number of methoxy groups -OCH3 is 1. The predicted octanol–water partition coefficient (Wildman–Crippen LogP) is 1.86. The summed E-state index contributed by atoms with van der Waals surface area (Å²) in [5.74, 6) is 0.430. The fraction of sp³-hybridized carbons (Fsp3) is 0.438. The molecule has 0 spiro atoms. The topological polar surface area (TPSA) is 73.6 Å². The standard InChI is InChI=1S/C16H22N2O3/c1-11-3-6-14(15(9-11)21-8-7-20-2)18-16(19)12-4-5-13(17)10-12/h3-6,9,12-13H,7-8,10,17H2,1-2H3,(H,18,19). The predicted molar refractivity (Wildman–Crippen MR) is 82.4 cm³/mol. The molecule has 0 radical (unpaired) electrons. The lowest BCUT2D eigenvalue weighted by Gasteiger charge is -2.15. The summed E-state index contributed by atoms with van der Waals surface area (Å²) >= 11 is 0. The zero-order valence-corrected chi connectivity index (χ0v) is 12.5. The van der Waals surface area contributed by atoms with E-state index in [2.05, 4.69) is 5.32 Å². The monoisotopic (exact) mass is 290 g/mol. The van der Waals surface area contributed by atoms with Crippen LogP contribution in [0.4, 0.5) is 5.69 Å². The highest BCUT2D eigenvalue weighted by Crippen LogP contribution is 2.27. The lowest BCUT2D eigenvalue weighted by molar-refractivity contribution is -0.118. The Morgan fingerprint density at radius 2 is 2.19 bits per heavy atom. The molecule has 0 aliphatic heterocycles. The number of hydrogen-bond acceptors (Lipinski definition) is 4. The van der Waals surface area contributed by atoms with Crippen molar-refractivity contribution in [3.8, 4) is 5.75 Å². The van der Waals surface area contributed by atoms with E-state index in [1.165, 1.54) is 0 Å². The van der Waals surface area contributed by atoms with Crippen molar-refractivity contribution in [2.75, 3.05) is 25.6 Å². The summed E-state index contributed by atoms with van der Waals surface area (Å²) in [5, 5.41) is 2.92. The van der Waals surface area contributed by atoms with Crippen LogP contribution in [0.25, 0.3) is 0 Å². The lowest BCUT2D eigenvalue weighted by Crippen LogP contribution is -2.24. The molecule has 0 bridgehead atoms. The Kier molecular flexibility index (Phi) is 5.36. The van der Waals surface area contributed by atoms with Gasteiger partial charge in [-0.3, -0.25) is 4.79 Å². The second-order valence-electron chi connectivity index (χ2n) is 5.22. The first-order valence-electron chi connectivity index (χ1n) is 7.07. The second kappa shape index (κ2) is 7.24. The van der Waals surface area contributed by atoms with Crippen LogP contribution < -0.4 is 15.8 Å². The molecule has 2 atom stereocenters. The van der Waals surface area contributed by atoms with Gasteiger partial charge >= 0.3 is 0 Å². The number of nitrogens with two attached hydrogens (primary N) is 1. The van der Waals surface area contributed by atoms with Crippen molar-refractivity contribution in [1.82, 2.24) is 0 Å². The number of nitrogens with one attached hydrogen (secondary N) is 1. The Labute approximate surface area is 125 Å². The lowest BCUT2D eigenvalue weighted by atomic mass is 10.1. The molecule has 0 saturated heterocycles. The van der Waals surface area contributed by atoms with Crippen LogP contribution in [0.5, 0.6) is 5.75 Å². The Hall–Kier alpha value is -1.85. The number of anilines is 1. The van der Waals surface area contributed by atoms with E-state index in [4.69, 9.17) is 15.2 Å². The van der Waals surface area contributed by atoms with Crippen molar-refractivity contribution in [3.63, 3.8) is 0 Å². The number of aryl methyl sites for hydroxylation is 1. The molecule has 0 aromatic heterocycles. The van der Waals surface area contributed by atoms with E-state index >= 15 is 0 Å². The summed E-state index contributed by atoms with van der Waals surface area (Å²) in [6.07, 6.45) is 4.38. The maximum absolute atomic E-state index is 12.2. The molecule has 1 amide bonds. The third kappa shape index (κ3) is 4.31. The van der Waals surface area contributed by atoms with Gasteiger partial charge in [0.1, 0.15) is 12.4 Å². The molecular weight excluding hydrogens is 268 g/mol. The Balaban J connectivity index is 2.04. The summed E-state index contributed by atoms with van der Waals surface area (Å²) in [7, 11) is 1.62. The van der Waals surface area contributed by atoms with Gasteiger partial charge in [-0.15, -0.1) is 0 Å². The molecule has 21 heavy (non-hydrogen) atoms. The third-order valence-corrected chi connectivity index (χ3v) is 3.39. The molecule has 3 N–H and O–H groups in total. The van der Waals surface area contributed by atoms with Gasteiger partial charge in [0.25, 0.3) is 0 Å². The third-order valence-electron chi connectivity index (χ3n) is 3.39. The van der Waals surface area contributed by atoms with Crippen LogP contribution in [0.3, 0.4) is 0 Å². The van der Waals surface area contributed by atoms with E-state index in [0.717, 1.165) is 5.56 Å². The van der Waals surface area contributed by atoms with Crippen molar-refractivity contribution in [3.05, 3.63) is 35.9 Å². The van der Waals surface area contributed by atoms with E-state index < -0.39 is 0 Å². The molecular formula is C16H22N2O3. The summed E-state index contributed by atoms with van der Waals surface area (Å²) in [6.45, 7) is 2.92. The Bertz CT molecular complexity index is 528. The van der Waals surface area contributed by atoms with Gasteiger partial charge in [-0.1, -0.05) is 18.2 Å². The molecule has 2 rings (SSSR count). The van der Waals surface area contributed by atoms with E-state index in [0.29, 0.717) is 31.1 Å². The smallest absolute Gasteiger partial charge is 0.231 e. The van der Waals surface area contributed by atoms with Gasteiger partial charge in [-0.05, 0) is 31.0 Å². The number of amides is 1. The zero-order chi connectivity index (χ0) is 15.2. The number of hydrogen-bond donors (Lipinski definition) is 2. The van der Waals surface area contributed by atoms with Crippen LogP contribution in [-0.4, -0.2) is 32.3 Å². The molecule has 5 heteroatoms. The van der Waals surface area contributed by atoms with Crippen molar-refractivity contribution in [1.29, 1.82) is 0 Å². The molecule has 1 aliphatic carbocycles. The van der Waals surface area contributed by atoms with Crippen molar-refractivity contribution < 1.29 is 14.3 Å². The number of carbonyl (C=O) groups excluding carboxylic acids is 1. The van der Waals surface area contributed by atoms with Crippen LogP contribution in [0, 0.1) is 12.8 Å². The second-order valence-corrected chi connectivity index (χ2v) is 5.22. The SMILES string of the molecule is COCCOc1cc(C)ccc1NC(=O)C1C=CC(N)C1. The van der Waals surface area contributed by atoms with Gasteiger partial charge in [0.15, 0.2) is 0 Å². The minimum absolute atomic E-state index is 0.0313. The van der Waals surface area contributed by atoms with Crippen molar-refractivity contribution in [2.45, 2.75) is 19.4 Å². The van der Waals surface area contributed by atoms with Gasteiger partial charge in [0.2, 0.25) is 5.91 Å². The molecule has 0 saturated carbocycles. The quantitative estimate of drug-likeness (QED) is 0.619. The van der Waals surface area contributed by atoms with Gasteiger partial charge in [-0.25, -0.2) is 0 Å². The molecule has 114 valence electrons. The van der Waals surface area contributed by atoms with Crippen molar-refractivity contribution >= 4 is 11.6 Å². The first-order chi connectivity index (χ1) is 10.1. The Morgan fingerprint density at radius 1 is 1.38 bits per heavy atom. The molecule has 1 aliphatic rings. The fourth-order valence-corrected chi connectivity index (χ4v) is 2.23. The number of ether oxygens (including phenoxy) is 2. The normalized spacial score (nSPS) is 20.5. The minimum atomic E-state index is -0.173. The summed E-state index contributed by atoms with van der Waals surface area (Å²) in [5.41, 5.74) is 7.53. The molecule has 5 nitrogen and oxygen atoms in total. The number of carbonyl (C=O) groups is 1. The zero-order valence-electron chi connectivity index (χ0n) is 12.5. The molecule has 1 aromatic rings. The first-order valence-corrected chi connectivity index (χ1v) is 7.07. The summed E-state index contributed by atoms with van der Waals surface area (Å²) in [6, 6.07) is 5.67. The number of benzene rings is 1. The van der Waals surface area contributed by atoms with E-state index in [1.807, 2.05) is 37.3 Å². The van der Waals surface area contributed by atoms with E-state index in [1.54, 1.807) is 7.11 Å². The van der Waals surface area contributed by atoms with Crippen molar-refractivity contribution in [2.24, 2.45) is 11.7 Å². The first kappa shape index (κ1) is 15.5. The fourth-order valence-electron chi connectivity index (χ4n) is 2.23. The van der Waals surface area contributed by atoms with Crippen LogP contribution in [0.2, 0.25) is 0 Å². The van der Waals surface area contributed by atoms with Gasteiger partial charge < -0.3 is 20.5 Å². The Morgan fingerprint density at radius 3 is 2.86 bits per heavy atom. The summed E-state index contributed by atoms with van der Waals surface area (Å²) in [4.78, 5) is 12.2. The average molecular weight is 290 g/mol. The van der Waals surface area contributed by atoms with Gasteiger partial charge in [0.05, 0.1) is 18.2 Å². The molecule has 0 fully saturated rings.